The molecular weight excluding hydrogens is 344 g/mol. The van der Waals surface area contributed by atoms with Crippen molar-refractivity contribution in [3.63, 3.8) is 0 Å². The first kappa shape index (κ1) is 17.1. The summed E-state index contributed by atoms with van der Waals surface area (Å²) in [4.78, 5) is 38.0. The molecule has 1 saturated heterocycles. The number of thiophene rings is 1. The number of ether oxygens (including phenoxy) is 1. The van der Waals surface area contributed by atoms with Crippen LogP contribution in [0.25, 0.3) is 0 Å². The lowest BCUT2D eigenvalue weighted by atomic mass is 10.1. The fourth-order valence-corrected chi connectivity index (χ4v) is 3.90. The Morgan fingerprint density at radius 3 is 2.72 bits per heavy atom. The van der Waals surface area contributed by atoms with Gasteiger partial charge in [-0.2, -0.15) is 0 Å². The minimum absolute atomic E-state index is 0.00748. The van der Waals surface area contributed by atoms with Gasteiger partial charge in [0.2, 0.25) is 0 Å². The fraction of sp³-hybridized carbons (Fsp3) is 0.294. The molecule has 25 heavy (non-hydrogen) atoms. The third-order valence-corrected chi connectivity index (χ3v) is 5.16. The van der Waals surface area contributed by atoms with Crippen molar-refractivity contribution in [3.05, 3.63) is 61.8 Å². The van der Waals surface area contributed by atoms with Crippen molar-refractivity contribution in [2.45, 2.75) is 18.9 Å². The van der Waals surface area contributed by atoms with E-state index in [0.717, 1.165) is 23.8 Å². The molecule has 0 N–H and O–H groups in total. The van der Waals surface area contributed by atoms with E-state index in [-0.39, 0.29) is 28.8 Å². The maximum Gasteiger partial charge on any atom is 0.338 e. The van der Waals surface area contributed by atoms with Gasteiger partial charge in [-0.15, -0.1) is 11.3 Å². The predicted octanol–water partition coefficient (Wildman–Crippen LogP) is 3.42. The summed E-state index contributed by atoms with van der Waals surface area (Å²) in [5.74, 6) is -1.03. The molecule has 130 valence electrons. The van der Waals surface area contributed by atoms with E-state index in [1.807, 2.05) is 17.5 Å². The topological polar surface area (TPSA) is 89.8 Å². The second-order valence-electron chi connectivity index (χ2n) is 5.69. The van der Waals surface area contributed by atoms with E-state index in [1.54, 1.807) is 16.2 Å². The molecule has 1 aromatic heterocycles. The smallest absolute Gasteiger partial charge is 0.338 e. The van der Waals surface area contributed by atoms with Crippen LogP contribution in [0.4, 0.5) is 5.69 Å². The van der Waals surface area contributed by atoms with Crippen molar-refractivity contribution in [1.29, 1.82) is 0 Å². The summed E-state index contributed by atoms with van der Waals surface area (Å²) in [5, 5.41) is 13.1. The minimum atomic E-state index is -0.714. The fourth-order valence-electron chi connectivity index (χ4n) is 3.03. The van der Waals surface area contributed by atoms with Gasteiger partial charge >= 0.3 is 5.97 Å². The van der Waals surface area contributed by atoms with Crippen LogP contribution >= 0.6 is 11.3 Å². The number of hydrogen-bond acceptors (Lipinski definition) is 6. The van der Waals surface area contributed by atoms with Gasteiger partial charge in [-0.3, -0.25) is 14.9 Å². The molecule has 0 bridgehead atoms. The number of carbonyl (C=O) groups excluding carboxylic acids is 2. The van der Waals surface area contributed by atoms with E-state index in [2.05, 4.69) is 4.74 Å². The van der Waals surface area contributed by atoms with Gasteiger partial charge in [-0.25, -0.2) is 4.79 Å². The third kappa shape index (κ3) is 3.39. The number of carbonyl (C=O) groups is 2. The molecule has 1 atom stereocenters. The molecular formula is C17H16N2O5S. The molecule has 1 aliphatic rings. The Kier molecular flexibility index (Phi) is 4.80. The molecule has 0 saturated carbocycles. The number of benzene rings is 1. The number of nitro groups is 1. The van der Waals surface area contributed by atoms with Crippen molar-refractivity contribution >= 4 is 28.9 Å². The highest BCUT2D eigenvalue weighted by molar-refractivity contribution is 7.10. The molecule has 2 aromatic rings. The van der Waals surface area contributed by atoms with Crippen LogP contribution in [0.2, 0.25) is 0 Å². The highest BCUT2D eigenvalue weighted by Gasteiger charge is 2.32. The first-order valence-corrected chi connectivity index (χ1v) is 8.61. The molecule has 2 heterocycles. The summed E-state index contributed by atoms with van der Waals surface area (Å²) in [7, 11) is 1.19. The molecule has 1 unspecified atom stereocenters. The van der Waals surface area contributed by atoms with Gasteiger partial charge < -0.3 is 9.64 Å². The molecule has 1 aliphatic heterocycles. The van der Waals surface area contributed by atoms with Gasteiger partial charge in [-0.1, -0.05) is 6.07 Å². The van der Waals surface area contributed by atoms with Crippen molar-refractivity contribution < 1.29 is 19.2 Å². The van der Waals surface area contributed by atoms with Crippen LogP contribution in [-0.4, -0.2) is 35.4 Å². The van der Waals surface area contributed by atoms with Gasteiger partial charge in [0.1, 0.15) is 0 Å². The number of nitrogens with zero attached hydrogens (tertiary/aromatic N) is 2. The lowest BCUT2D eigenvalue weighted by Crippen LogP contribution is -2.30. The maximum absolute atomic E-state index is 12.9. The number of non-ortho nitro benzene ring substituents is 1. The molecule has 8 heteroatoms. The Morgan fingerprint density at radius 1 is 1.32 bits per heavy atom. The van der Waals surface area contributed by atoms with Gasteiger partial charge in [0, 0.05) is 29.1 Å². The standard InChI is InChI=1S/C17H16N2O5S/c1-24-17(21)12-8-11(9-13(10-12)19(22)23)16(20)18-6-2-4-14(18)15-5-3-7-25-15/h3,5,7-10,14H,2,4,6H2,1H3. The first-order valence-electron chi connectivity index (χ1n) is 7.73. The number of amides is 1. The minimum Gasteiger partial charge on any atom is -0.465 e. The van der Waals surface area contributed by atoms with Crippen LogP contribution < -0.4 is 0 Å². The quantitative estimate of drug-likeness (QED) is 0.473. The van der Waals surface area contributed by atoms with Crippen LogP contribution in [0.3, 0.4) is 0 Å². The SMILES string of the molecule is COC(=O)c1cc(C(=O)N2CCCC2c2cccs2)cc([N+](=O)[O-])c1. The van der Waals surface area contributed by atoms with Gasteiger partial charge in [0.25, 0.3) is 11.6 Å². The van der Waals surface area contributed by atoms with E-state index < -0.39 is 10.9 Å². The van der Waals surface area contributed by atoms with Crippen LogP contribution in [0.1, 0.15) is 44.5 Å². The molecule has 0 aliphatic carbocycles. The summed E-state index contributed by atoms with van der Waals surface area (Å²) in [5.41, 5.74) is -0.192. The van der Waals surface area contributed by atoms with Gasteiger partial charge in [0.05, 0.1) is 23.6 Å². The van der Waals surface area contributed by atoms with Crippen molar-refractivity contribution in [3.8, 4) is 0 Å². The molecule has 7 nitrogen and oxygen atoms in total. The molecule has 1 amide bonds. The largest absolute Gasteiger partial charge is 0.465 e. The van der Waals surface area contributed by atoms with Crippen LogP contribution in [0.5, 0.6) is 0 Å². The van der Waals surface area contributed by atoms with Crippen LogP contribution in [-0.2, 0) is 4.74 Å². The number of likely N-dealkylation sites (tertiary alicyclic amines) is 1. The average molecular weight is 360 g/mol. The van der Waals surface area contributed by atoms with Crippen LogP contribution in [0, 0.1) is 10.1 Å². The number of hydrogen-bond donors (Lipinski definition) is 0. The van der Waals surface area contributed by atoms with Crippen LogP contribution in [0.15, 0.2) is 35.7 Å². The Hall–Kier alpha value is -2.74. The Morgan fingerprint density at radius 2 is 2.08 bits per heavy atom. The molecule has 1 fully saturated rings. The Bertz CT molecular complexity index is 818. The Balaban J connectivity index is 1.97. The summed E-state index contributed by atoms with van der Waals surface area (Å²) in [6.45, 7) is 0.581. The first-order chi connectivity index (χ1) is 12.0. The summed E-state index contributed by atoms with van der Waals surface area (Å²) >= 11 is 1.58. The van der Waals surface area contributed by atoms with Gasteiger partial charge in [0.15, 0.2) is 0 Å². The number of methoxy groups -OCH3 is 1. The molecule has 3 rings (SSSR count). The number of nitro benzene ring substituents is 1. The monoisotopic (exact) mass is 360 g/mol. The Labute approximate surface area is 148 Å². The van der Waals surface area contributed by atoms with Crippen molar-refractivity contribution in [2.24, 2.45) is 0 Å². The zero-order valence-electron chi connectivity index (χ0n) is 13.5. The lowest BCUT2D eigenvalue weighted by Gasteiger charge is -2.24. The predicted molar refractivity (Wildman–Crippen MR) is 91.8 cm³/mol. The average Bonchev–Trinajstić information content (AvgIpc) is 3.30. The van der Waals surface area contributed by atoms with E-state index in [4.69, 9.17) is 0 Å². The second-order valence-corrected chi connectivity index (χ2v) is 6.67. The maximum atomic E-state index is 12.9. The van der Waals surface area contributed by atoms with Crippen molar-refractivity contribution in [2.75, 3.05) is 13.7 Å². The zero-order valence-corrected chi connectivity index (χ0v) is 14.3. The second kappa shape index (κ2) is 7.02. The third-order valence-electron chi connectivity index (χ3n) is 4.18. The van der Waals surface area contributed by atoms with E-state index in [1.165, 1.54) is 19.2 Å². The number of rotatable bonds is 4. The lowest BCUT2D eigenvalue weighted by molar-refractivity contribution is -0.384. The van der Waals surface area contributed by atoms with E-state index >= 15 is 0 Å². The molecule has 1 aromatic carbocycles. The molecule has 0 radical (unpaired) electrons. The summed E-state index contributed by atoms with van der Waals surface area (Å²) in [6, 6.07) is 7.55. The zero-order chi connectivity index (χ0) is 18.0. The summed E-state index contributed by atoms with van der Waals surface area (Å²) < 4.78 is 4.63. The van der Waals surface area contributed by atoms with Gasteiger partial charge in [-0.05, 0) is 30.4 Å². The molecule has 0 spiro atoms. The highest BCUT2D eigenvalue weighted by Crippen LogP contribution is 2.35. The van der Waals surface area contributed by atoms with Crippen molar-refractivity contribution in [1.82, 2.24) is 4.90 Å². The normalized spacial score (nSPS) is 16.7. The van der Waals surface area contributed by atoms with E-state index in [0.29, 0.717) is 6.54 Å². The number of esters is 1. The highest BCUT2D eigenvalue weighted by atomic mass is 32.1. The van der Waals surface area contributed by atoms with E-state index in [9.17, 15) is 19.7 Å². The summed E-state index contributed by atoms with van der Waals surface area (Å²) in [6.07, 6.45) is 1.72.